The molecule has 1 heterocycles. The largest absolute Gasteiger partial charge is 0.480 e. The summed E-state index contributed by atoms with van der Waals surface area (Å²) in [6, 6.07) is 5.27. The number of carboxylic acid groups (broad SMARTS) is 1. The van der Waals surface area contributed by atoms with Gasteiger partial charge >= 0.3 is 5.97 Å². The SMILES string of the molecule is CCCC(c1c[nH]c2cc(C)ccc12)[C@H](N)C(=O)O. The number of hydrogen-bond acceptors (Lipinski definition) is 2. The summed E-state index contributed by atoms with van der Waals surface area (Å²) in [4.78, 5) is 14.4. The topological polar surface area (TPSA) is 79.1 Å². The molecular formula is C15H20N2O2. The van der Waals surface area contributed by atoms with Gasteiger partial charge < -0.3 is 15.8 Å². The zero-order chi connectivity index (χ0) is 14.0. The van der Waals surface area contributed by atoms with Crippen LogP contribution < -0.4 is 5.73 Å². The van der Waals surface area contributed by atoms with Gasteiger partial charge in [-0.2, -0.15) is 0 Å². The van der Waals surface area contributed by atoms with Crippen LogP contribution in [0.4, 0.5) is 0 Å². The maximum atomic E-state index is 11.2. The van der Waals surface area contributed by atoms with Crippen molar-refractivity contribution in [1.29, 1.82) is 0 Å². The number of aromatic amines is 1. The van der Waals surface area contributed by atoms with Crippen LogP contribution in [-0.2, 0) is 4.79 Å². The molecule has 0 fully saturated rings. The number of nitrogens with two attached hydrogens (primary N) is 1. The van der Waals surface area contributed by atoms with Gasteiger partial charge in [0, 0.05) is 23.0 Å². The molecule has 0 saturated carbocycles. The minimum absolute atomic E-state index is 0.154. The van der Waals surface area contributed by atoms with Gasteiger partial charge in [0.25, 0.3) is 0 Å². The molecule has 0 saturated heterocycles. The number of carbonyl (C=O) groups is 1. The number of aliphatic carboxylic acids is 1. The van der Waals surface area contributed by atoms with Crippen molar-refractivity contribution in [2.24, 2.45) is 5.73 Å². The summed E-state index contributed by atoms with van der Waals surface area (Å²) in [6.07, 6.45) is 3.58. The summed E-state index contributed by atoms with van der Waals surface area (Å²) in [5.74, 6) is -1.10. The Morgan fingerprint density at radius 2 is 2.21 bits per heavy atom. The van der Waals surface area contributed by atoms with E-state index in [-0.39, 0.29) is 5.92 Å². The fourth-order valence-electron chi connectivity index (χ4n) is 2.58. The van der Waals surface area contributed by atoms with E-state index in [0.717, 1.165) is 29.3 Å². The molecule has 0 bridgehead atoms. The lowest BCUT2D eigenvalue weighted by Crippen LogP contribution is -2.36. The molecule has 1 aromatic carbocycles. The van der Waals surface area contributed by atoms with E-state index in [1.54, 1.807) is 0 Å². The summed E-state index contributed by atoms with van der Waals surface area (Å²) >= 11 is 0. The molecule has 2 atom stereocenters. The lowest BCUT2D eigenvalue weighted by Gasteiger charge is -2.19. The molecular weight excluding hydrogens is 240 g/mol. The first-order valence-electron chi connectivity index (χ1n) is 6.60. The molecule has 19 heavy (non-hydrogen) atoms. The number of H-pyrrole nitrogens is 1. The predicted octanol–water partition coefficient (Wildman–Crippen LogP) is 2.77. The van der Waals surface area contributed by atoms with Gasteiger partial charge in [-0.1, -0.05) is 25.5 Å². The first-order chi connectivity index (χ1) is 9.04. The quantitative estimate of drug-likeness (QED) is 0.773. The molecule has 0 spiro atoms. The van der Waals surface area contributed by atoms with E-state index in [4.69, 9.17) is 10.8 Å². The Morgan fingerprint density at radius 3 is 2.84 bits per heavy atom. The van der Waals surface area contributed by atoms with Crippen molar-refractivity contribution in [1.82, 2.24) is 4.98 Å². The smallest absolute Gasteiger partial charge is 0.321 e. The van der Waals surface area contributed by atoms with Gasteiger partial charge in [0.2, 0.25) is 0 Å². The van der Waals surface area contributed by atoms with Crippen molar-refractivity contribution in [2.45, 2.75) is 38.6 Å². The molecule has 0 aliphatic heterocycles. The zero-order valence-electron chi connectivity index (χ0n) is 11.3. The molecule has 4 N–H and O–H groups in total. The number of hydrogen-bond donors (Lipinski definition) is 3. The van der Waals surface area contributed by atoms with Crippen LogP contribution >= 0.6 is 0 Å². The van der Waals surface area contributed by atoms with Gasteiger partial charge in [0.1, 0.15) is 6.04 Å². The van der Waals surface area contributed by atoms with Gasteiger partial charge in [-0.25, -0.2) is 0 Å². The highest BCUT2D eigenvalue weighted by Crippen LogP contribution is 2.31. The van der Waals surface area contributed by atoms with Crippen LogP contribution in [0.2, 0.25) is 0 Å². The molecule has 0 amide bonds. The zero-order valence-corrected chi connectivity index (χ0v) is 11.3. The fraction of sp³-hybridized carbons (Fsp3) is 0.400. The van der Waals surface area contributed by atoms with Crippen molar-refractivity contribution in [3.8, 4) is 0 Å². The van der Waals surface area contributed by atoms with Crippen molar-refractivity contribution >= 4 is 16.9 Å². The van der Waals surface area contributed by atoms with Crippen LogP contribution in [-0.4, -0.2) is 22.1 Å². The van der Waals surface area contributed by atoms with Crippen LogP contribution in [0.1, 0.15) is 36.8 Å². The van der Waals surface area contributed by atoms with E-state index < -0.39 is 12.0 Å². The highest BCUT2D eigenvalue weighted by Gasteiger charge is 2.27. The maximum absolute atomic E-state index is 11.2. The minimum atomic E-state index is -0.945. The third-order valence-electron chi connectivity index (χ3n) is 3.59. The summed E-state index contributed by atoms with van der Waals surface area (Å²) in [7, 11) is 0. The highest BCUT2D eigenvalue weighted by atomic mass is 16.4. The van der Waals surface area contributed by atoms with Crippen LogP contribution in [0, 0.1) is 6.92 Å². The lowest BCUT2D eigenvalue weighted by atomic mass is 9.87. The molecule has 2 aromatic rings. The Morgan fingerprint density at radius 1 is 1.47 bits per heavy atom. The van der Waals surface area contributed by atoms with Gasteiger partial charge in [-0.15, -0.1) is 0 Å². The molecule has 4 nitrogen and oxygen atoms in total. The van der Waals surface area contributed by atoms with Crippen LogP contribution in [0.15, 0.2) is 24.4 Å². The Bertz CT molecular complexity index is 589. The number of benzene rings is 1. The number of carboxylic acids is 1. The second-order valence-corrected chi connectivity index (χ2v) is 5.05. The molecule has 0 aliphatic carbocycles. The Kier molecular flexibility index (Phi) is 3.90. The standard InChI is InChI=1S/C15H20N2O2/c1-3-4-11(14(16)15(18)19)12-8-17-13-7-9(2)5-6-10(12)13/h5-8,11,14,17H,3-4,16H2,1-2H3,(H,18,19)/t11?,14-/m0/s1. The van der Waals surface area contributed by atoms with Crippen molar-refractivity contribution in [3.63, 3.8) is 0 Å². The van der Waals surface area contributed by atoms with E-state index in [9.17, 15) is 4.79 Å². The van der Waals surface area contributed by atoms with Crippen molar-refractivity contribution in [3.05, 3.63) is 35.5 Å². The van der Waals surface area contributed by atoms with E-state index >= 15 is 0 Å². The third kappa shape index (κ3) is 2.63. The average molecular weight is 260 g/mol. The Hall–Kier alpha value is -1.81. The predicted molar refractivity (Wildman–Crippen MR) is 76.3 cm³/mol. The summed E-state index contributed by atoms with van der Waals surface area (Å²) < 4.78 is 0. The number of fused-ring (bicyclic) bond motifs is 1. The normalized spacial score (nSPS) is 14.5. The lowest BCUT2D eigenvalue weighted by molar-refractivity contribution is -0.139. The molecule has 4 heteroatoms. The van der Waals surface area contributed by atoms with Crippen LogP contribution in [0.3, 0.4) is 0 Å². The summed E-state index contributed by atoms with van der Waals surface area (Å²) in [6.45, 7) is 4.08. The molecule has 0 aliphatic rings. The Balaban J connectivity index is 2.47. The minimum Gasteiger partial charge on any atom is -0.480 e. The Labute approximate surface area is 112 Å². The number of nitrogens with one attached hydrogen (secondary N) is 1. The van der Waals surface area contributed by atoms with Gasteiger partial charge in [-0.05, 0) is 30.5 Å². The summed E-state index contributed by atoms with van der Waals surface area (Å²) in [5.41, 5.74) is 9.06. The summed E-state index contributed by atoms with van der Waals surface area (Å²) in [5, 5.41) is 10.2. The van der Waals surface area contributed by atoms with Crippen molar-refractivity contribution in [2.75, 3.05) is 0 Å². The maximum Gasteiger partial charge on any atom is 0.321 e. The third-order valence-corrected chi connectivity index (χ3v) is 3.59. The molecule has 2 rings (SSSR count). The first-order valence-corrected chi connectivity index (χ1v) is 6.60. The molecule has 0 radical (unpaired) electrons. The number of aryl methyl sites for hydroxylation is 1. The van der Waals surface area contributed by atoms with E-state index in [2.05, 4.69) is 11.1 Å². The van der Waals surface area contributed by atoms with E-state index in [1.165, 1.54) is 5.56 Å². The van der Waals surface area contributed by atoms with Crippen LogP contribution in [0.5, 0.6) is 0 Å². The van der Waals surface area contributed by atoms with Gasteiger partial charge in [0.15, 0.2) is 0 Å². The molecule has 1 aromatic heterocycles. The molecule has 1 unspecified atom stereocenters. The van der Waals surface area contributed by atoms with E-state index in [1.807, 2.05) is 32.2 Å². The van der Waals surface area contributed by atoms with Gasteiger partial charge in [-0.3, -0.25) is 4.79 Å². The monoisotopic (exact) mass is 260 g/mol. The highest BCUT2D eigenvalue weighted by molar-refractivity contribution is 5.85. The van der Waals surface area contributed by atoms with Gasteiger partial charge in [0.05, 0.1) is 0 Å². The molecule has 102 valence electrons. The number of aromatic nitrogens is 1. The first kappa shape index (κ1) is 13.6. The average Bonchev–Trinajstić information content (AvgIpc) is 2.77. The fourth-order valence-corrected chi connectivity index (χ4v) is 2.58. The second-order valence-electron chi connectivity index (χ2n) is 5.05. The van der Waals surface area contributed by atoms with Crippen LogP contribution in [0.25, 0.3) is 10.9 Å². The second kappa shape index (κ2) is 5.45. The van der Waals surface area contributed by atoms with Crippen molar-refractivity contribution < 1.29 is 9.90 Å². The number of rotatable bonds is 5. The van der Waals surface area contributed by atoms with E-state index in [0.29, 0.717) is 0 Å².